The Morgan fingerprint density at radius 1 is 1.13 bits per heavy atom. The van der Waals surface area contributed by atoms with Crippen LogP contribution in [0.2, 0.25) is 0 Å². The third-order valence-corrected chi connectivity index (χ3v) is 4.79. The summed E-state index contributed by atoms with van der Waals surface area (Å²) in [6, 6.07) is 0. The van der Waals surface area contributed by atoms with Crippen LogP contribution in [0.25, 0.3) is 0 Å². The van der Waals surface area contributed by atoms with Crippen molar-refractivity contribution in [3.05, 3.63) is 12.7 Å². The van der Waals surface area contributed by atoms with Gasteiger partial charge in [0.05, 0.1) is 0 Å². The lowest BCUT2D eigenvalue weighted by Crippen LogP contribution is -2.15. The quantitative estimate of drug-likeness (QED) is 0.512. The fourth-order valence-corrected chi connectivity index (χ4v) is 4.28. The second-order valence-electron chi connectivity index (χ2n) is 5.40. The van der Waals surface area contributed by atoms with Crippen LogP contribution in [0.15, 0.2) is 12.7 Å². The van der Waals surface area contributed by atoms with Crippen LogP contribution < -0.4 is 0 Å². The number of hydrogen-bond donors (Lipinski definition) is 0. The summed E-state index contributed by atoms with van der Waals surface area (Å²) in [4.78, 5) is 11.1. The van der Waals surface area contributed by atoms with E-state index in [0.717, 1.165) is 36.5 Å². The van der Waals surface area contributed by atoms with Crippen molar-refractivity contribution in [1.29, 1.82) is 0 Å². The summed E-state index contributed by atoms with van der Waals surface area (Å²) in [5, 5.41) is 0. The number of carbonyl (C=O) groups is 1. The van der Waals surface area contributed by atoms with Crippen molar-refractivity contribution in [2.75, 3.05) is 0 Å². The third kappa shape index (κ3) is 1.42. The highest BCUT2D eigenvalue weighted by Gasteiger charge is 2.52. The van der Waals surface area contributed by atoms with Crippen LogP contribution in [-0.2, 0) is 9.53 Å². The Kier molecular flexibility index (Phi) is 2.11. The van der Waals surface area contributed by atoms with E-state index in [1.54, 1.807) is 0 Å². The van der Waals surface area contributed by atoms with Gasteiger partial charge in [-0.3, -0.25) is 0 Å². The van der Waals surface area contributed by atoms with Crippen LogP contribution in [0.4, 0.5) is 0 Å². The van der Waals surface area contributed by atoms with Gasteiger partial charge in [0.1, 0.15) is 6.10 Å². The molecule has 0 N–H and O–H groups in total. The van der Waals surface area contributed by atoms with Gasteiger partial charge in [0.15, 0.2) is 0 Å². The van der Waals surface area contributed by atoms with Crippen LogP contribution in [0, 0.1) is 23.7 Å². The standard InChI is InChI=1S/C13H18O2/c1-2-13(14)15-10-6-11-8-3-4-9(5-8)12(11)7-10/h2,8-12H,1,3-7H2/t8-,9+,10?,11?,12?. The first-order valence-corrected chi connectivity index (χ1v) is 6.11. The van der Waals surface area contributed by atoms with E-state index < -0.39 is 0 Å². The predicted octanol–water partition coefficient (Wildman–Crippen LogP) is 2.54. The maximum absolute atomic E-state index is 11.1. The predicted molar refractivity (Wildman–Crippen MR) is 57.1 cm³/mol. The molecule has 2 heteroatoms. The molecule has 15 heavy (non-hydrogen) atoms. The van der Waals surface area contributed by atoms with E-state index in [1.165, 1.54) is 25.3 Å². The molecule has 0 aliphatic heterocycles. The van der Waals surface area contributed by atoms with E-state index in [-0.39, 0.29) is 12.1 Å². The molecule has 0 aromatic carbocycles. The largest absolute Gasteiger partial charge is 0.459 e. The summed E-state index contributed by atoms with van der Waals surface area (Å²) in [6.45, 7) is 3.44. The maximum Gasteiger partial charge on any atom is 0.330 e. The molecule has 0 heterocycles. The lowest BCUT2D eigenvalue weighted by Gasteiger charge is -2.23. The summed E-state index contributed by atoms with van der Waals surface area (Å²) in [5.74, 6) is 3.39. The van der Waals surface area contributed by atoms with Gasteiger partial charge in [0.25, 0.3) is 0 Å². The van der Waals surface area contributed by atoms with Crippen molar-refractivity contribution in [2.24, 2.45) is 23.7 Å². The number of fused-ring (bicyclic) bond motifs is 5. The Morgan fingerprint density at radius 3 is 2.27 bits per heavy atom. The molecule has 0 amide bonds. The highest BCUT2D eigenvalue weighted by atomic mass is 16.5. The van der Waals surface area contributed by atoms with Gasteiger partial charge in [0, 0.05) is 6.08 Å². The minimum atomic E-state index is -0.243. The van der Waals surface area contributed by atoms with E-state index >= 15 is 0 Å². The first kappa shape index (κ1) is 9.44. The molecular weight excluding hydrogens is 188 g/mol. The highest BCUT2D eigenvalue weighted by Crippen LogP contribution is 2.59. The molecule has 3 rings (SSSR count). The van der Waals surface area contributed by atoms with Gasteiger partial charge in [-0.25, -0.2) is 4.79 Å². The van der Waals surface area contributed by atoms with Gasteiger partial charge < -0.3 is 4.74 Å². The number of rotatable bonds is 2. The zero-order valence-electron chi connectivity index (χ0n) is 9.02. The van der Waals surface area contributed by atoms with E-state index in [9.17, 15) is 4.79 Å². The molecule has 5 atom stereocenters. The van der Waals surface area contributed by atoms with Gasteiger partial charge in [-0.15, -0.1) is 0 Å². The van der Waals surface area contributed by atoms with E-state index in [4.69, 9.17) is 4.74 Å². The smallest absolute Gasteiger partial charge is 0.330 e. The number of esters is 1. The number of carbonyl (C=O) groups excluding carboxylic acids is 1. The zero-order chi connectivity index (χ0) is 10.4. The van der Waals surface area contributed by atoms with Crippen LogP contribution in [-0.4, -0.2) is 12.1 Å². The van der Waals surface area contributed by atoms with Gasteiger partial charge in [-0.1, -0.05) is 6.58 Å². The van der Waals surface area contributed by atoms with Gasteiger partial charge in [-0.2, -0.15) is 0 Å². The number of ether oxygens (including phenoxy) is 1. The van der Waals surface area contributed by atoms with E-state index in [0.29, 0.717) is 0 Å². The van der Waals surface area contributed by atoms with Crippen LogP contribution in [0.1, 0.15) is 32.1 Å². The molecule has 3 unspecified atom stereocenters. The fourth-order valence-electron chi connectivity index (χ4n) is 4.28. The first-order chi connectivity index (χ1) is 7.28. The monoisotopic (exact) mass is 206 g/mol. The molecule has 3 aliphatic rings. The topological polar surface area (TPSA) is 26.3 Å². The molecule has 2 bridgehead atoms. The Morgan fingerprint density at radius 2 is 1.73 bits per heavy atom. The molecule has 0 saturated heterocycles. The summed E-state index contributed by atoms with van der Waals surface area (Å²) < 4.78 is 5.36. The molecule has 82 valence electrons. The van der Waals surface area contributed by atoms with Crippen molar-refractivity contribution in [3.63, 3.8) is 0 Å². The summed E-state index contributed by atoms with van der Waals surface area (Å²) in [5.41, 5.74) is 0. The summed E-state index contributed by atoms with van der Waals surface area (Å²) >= 11 is 0. The zero-order valence-corrected chi connectivity index (χ0v) is 9.02. The minimum Gasteiger partial charge on any atom is -0.459 e. The molecule has 0 spiro atoms. The Hall–Kier alpha value is -0.790. The second-order valence-corrected chi connectivity index (χ2v) is 5.40. The van der Waals surface area contributed by atoms with E-state index in [1.807, 2.05) is 0 Å². The minimum absolute atomic E-state index is 0.189. The van der Waals surface area contributed by atoms with Gasteiger partial charge in [0.2, 0.25) is 0 Å². The lowest BCUT2D eigenvalue weighted by atomic mass is 9.82. The molecule has 0 radical (unpaired) electrons. The molecule has 2 nitrogen and oxygen atoms in total. The molecule has 0 aromatic heterocycles. The average Bonchev–Trinajstić information content (AvgIpc) is 2.87. The Labute approximate surface area is 90.7 Å². The summed E-state index contributed by atoms with van der Waals surface area (Å²) in [6.07, 6.45) is 8.01. The number of hydrogen-bond acceptors (Lipinski definition) is 2. The van der Waals surface area contributed by atoms with E-state index in [2.05, 4.69) is 6.58 Å². The highest BCUT2D eigenvalue weighted by molar-refractivity contribution is 5.81. The van der Waals surface area contributed by atoms with Crippen molar-refractivity contribution in [1.82, 2.24) is 0 Å². The molecule has 3 aliphatic carbocycles. The second kappa shape index (κ2) is 3.36. The maximum atomic E-state index is 11.1. The SMILES string of the molecule is C=CC(=O)OC1CC2C(C1)[C@H]1CC[C@@H]2C1. The van der Waals surface area contributed by atoms with Crippen LogP contribution >= 0.6 is 0 Å². The van der Waals surface area contributed by atoms with Gasteiger partial charge in [-0.05, 0) is 55.8 Å². The summed E-state index contributed by atoms with van der Waals surface area (Å²) in [7, 11) is 0. The Balaban J connectivity index is 1.64. The molecular formula is C13H18O2. The van der Waals surface area contributed by atoms with Crippen molar-refractivity contribution in [3.8, 4) is 0 Å². The molecule has 3 saturated carbocycles. The normalized spacial score (nSPS) is 46.5. The molecule has 3 fully saturated rings. The van der Waals surface area contributed by atoms with Crippen molar-refractivity contribution >= 4 is 5.97 Å². The van der Waals surface area contributed by atoms with Crippen LogP contribution in [0.5, 0.6) is 0 Å². The average molecular weight is 206 g/mol. The Bertz CT molecular complexity index is 279. The first-order valence-electron chi connectivity index (χ1n) is 6.11. The van der Waals surface area contributed by atoms with Crippen molar-refractivity contribution in [2.45, 2.75) is 38.2 Å². The lowest BCUT2D eigenvalue weighted by molar-refractivity contribution is -0.142. The third-order valence-electron chi connectivity index (χ3n) is 4.79. The van der Waals surface area contributed by atoms with Gasteiger partial charge >= 0.3 is 5.97 Å². The van der Waals surface area contributed by atoms with Crippen LogP contribution in [0.3, 0.4) is 0 Å². The fraction of sp³-hybridized carbons (Fsp3) is 0.769. The molecule has 0 aromatic rings. The van der Waals surface area contributed by atoms with Crippen molar-refractivity contribution < 1.29 is 9.53 Å².